The summed E-state index contributed by atoms with van der Waals surface area (Å²) in [4.78, 5) is 22.5. The molecule has 1 aromatic carbocycles. The summed E-state index contributed by atoms with van der Waals surface area (Å²) in [5.41, 5.74) is -0.566. The van der Waals surface area contributed by atoms with E-state index in [2.05, 4.69) is 5.32 Å². The van der Waals surface area contributed by atoms with Crippen molar-refractivity contribution in [1.82, 2.24) is 9.62 Å². The van der Waals surface area contributed by atoms with Crippen molar-refractivity contribution in [1.29, 1.82) is 0 Å². The normalized spacial score (nSPS) is 21.0. The zero-order chi connectivity index (χ0) is 20.2. The van der Waals surface area contributed by atoms with Gasteiger partial charge in [-0.05, 0) is 38.3 Å². The van der Waals surface area contributed by atoms with Crippen LogP contribution in [0.3, 0.4) is 0 Å². The van der Waals surface area contributed by atoms with Crippen LogP contribution >= 0.6 is 11.6 Å². The Labute approximate surface area is 164 Å². The molecular formula is C17H24ClN3O5S. The number of piperidine rings is 1. The summed E-state index contributed by atoms with van der Waals surface area (Å²) in [5, 5.41) is 14.2. The number of rotatable bonds is 7. The predicted molar refractivity (Wildman–Crippen MR) is 102 cm³/mol. The highest BCUT2D eigenvalue weighted by molar-refractivity contribution is 7.89. The standard InChI is InChI=1S/C17H24ClN3O5S/c1-3-4-9-19-17(22)13-6-5-12(2)20(11-13)27(25,26)16-8-7-14(18)10-15(16)21(23)24/h7-8,10,12-13H,3-6,9,11H2,1-2H3,(H,19,22). The third kappa shape index (κ3) is 4.97. The molecule has 1 N–H and O–H groups in total. The van der Waals surface area contributed by atoms with Crippen molar-refractivity contribution in [3.8, 4) is 0 Å². The Morgan fingerprint density at radius 2 is 2.11 bits per heavy atom. The SMILES string of the molecule is CCCCNC(=O)C1CCC(C)N(S(=O)(=O)c2ccc(Cl)cc2[N+](=O)[O-])C1. The van der Waals surface area contributed by atoms with Gasteiger partial charge >= 0.3 is 0 Å². The molecule has 2 unspecified atom stereocenters. The molecule has 10 heteroatoms. The highest BCUT2D eigenvalue weighted by Crippen LogP contribution is 2.33. The molecule has 1 aliphatic heterocycles. The number of nitrogens with one attached hydrogen (secondary N) is 1. The van der Waals surface area contributed by atoms with Crippen LogP contribution < -0.4 is 5.32 Å². The number of unbranched alkanes of at least 4 members (excludes halogenated alkanes) is 1. The van der Waals surface area contributed by atoms with Gasteiger partial charge in [0.2, 0.25) is 15.9 Å². The quantitative estimate of drug-likeness (QED) is 0.416. The minimum atomic E-state index is -4.14. The lowest BCUT2D eigenvalue weighted by molar-refractivity contribution is -0.387. The van der Waals surface area contributed by atoms with Crippen molar-refractivity contribution in [2.45, 2.75) is 50.5 Å². The first-order valence-electron chi connectivity index (χ1n) is 8.92. The number of nitro benzene ring substituents is 1. The Morgan fingerprint density at radius 1 is 1.41 bits per heavy atom. The Hall–Kier alpha value is -1.71. The summed E-state index contributed by atoms with van der Waals surface area (Å²) < 4.78 is 27.4. The number of carbonyl (C=O) groups excluding carboxylic acids is 1. The van der Waals surface area contributed by atoms with Crippen molar-refractivity contribution in [3.63, 3.8) is 0 Å². The lowest BCUT2D eigenvalue weighted by Crippen LogP contribution is -2.49. The van der Waals surface area contributed by atoms with Gasteiger partial charge in [-0.2, -0.15) is 4.31 Å². The molecule has 1 fully saturated rings. The lowest BCUT2D eigenvalue weighted by atomic mass is 9.94. The molecule has 0 bridgehead atoms. The average Bonchev–Trinajstić information content (AvgIpc) is 2.61. The van der Waals surface area contributed by atoms with E-state index in [0.717, 1.165) is 25.0 Å². The second kappa shape index (κ2) is 8.99. The van der Waals surface area contributed by atoms with Crippen LogP contribution in [0.15, 0.2) is 23.1 Å². The van der Waals surface area contributed by atoms with E-state index in [1.54, 1.807) is 6.92 Å². The largest absolute Gasteiger partial charge is 0.356 e. The van der Waals surface area contributed by atoms with Gasteiger partial charge in [0, 0.05) is 30.2 Å². The molecule has 2 atom stereocenters. The summed E-state index contributed by atoms with van der Waals surface area (Å²) in [5.74, 6) is -0.652. The lowest BCUT2D eigenvalue weighted by Gasteiger charge is -2.36. The topological polar surface area (TPSA) is 110 Å². The smallest absolute Gasteiger partial charge is 0.290 e. The van der Waals surface area contributed by atoms with E-state index in [4.69, 9.17) is 11.6 Å². The van der Waals surface area contributed by atoms with Gasteiger partial charge in [0.1, 0.15) is 0 Å². The maximum atomic E-state index is 13.1. The predicted octanol–water partition coefficient (Wildman–Crippen LogP) is 2.95. The first-order valence-corrected chi connectivity index (χ1v) is 10.7. The number of nitrogens with zero attached hydrogens (tertiary/aromatic N) is 2. The average molecular weight is 418 g/mol. The third-order valence-corrected chi connectivity index (χ3v) is 6.99. The number of benzene rings is 1. The van der Waals surface area contributed by atoms with Crippen molar-refractivity contribution in [2.24, 2.45) is 5.92 Å². The van der Waals surface area contributed by atoms with Crippen LogP contribution in [0.25, 0.3) is 0 Å². The Bertz CT molecular complexity index is 815. The van der Waals surface area contributed by atoms with Crippen LogP contribution in [0.5, 0.6) is 0 Å². The number of amides is 1. The number of halogens is 1. The van der Waals surface area contributed by atoms with E-state index < -0.39 is 31.4 Å². The van der Waals surface area contributed by atoms with Crippen molar-refractivity contribution >= 4 is 33.2 Å². The van der Waals surface area contributed by atoms with E-state index in [9.17, 15) is 23.3 Å². The molecule has 0 aromatic heterocycles. The van der Waals surface area contributed by atoms with E-state index in [1.807, 2.05) is 6.92 Å². The molecule has 8 nitrogen and oxygen atoms in total. The van der Waals surface area contributed by atoms with Gasteiger partial charge in [-0.3, -0.25) is 14.9 Å². The number of sulfonamides is 1. The Morgan fingerprint density at radius 3 is 2.74 bits per heavy atom. The van der Waals surface area contributed by atoms with Crippen LogP contribution in [-0.4, -0.2) is 42.7 Å². The fraction of sp³-hybridized carbons (Fsp3) is 0.588. The van der Waals surface area contributed by atoms with Gasteiger partial charge in [0.15, 0.2) is 4.90 Å². The van der Waals surface area contributed by atoms with Crippen molar-refractivity contribution < 1.29 is 18.1 Å². The summed E-state index contributed by atoms with van der Waals surface area (Å²) >= 11 is 5.78. The highest BCUT2D eigenvalue weighted by Gasteiger charge is 2.40. The fourth-order valence-corrected chi connectivity index (χ4v) is 5.15. The van der Waals surface area contributed by atoms with E-state index in [1.165, 1.54) is 10.4 Å². The molecule has 1 aliphatic rings. The second-order valence-electron chi connectivity index (χ2n) is 6.71. The summed E-state index contributed by atoms with van der Waals surface area (Å²) in [7, 11) is -4.14. The molecule has 2 rings (SSSR count). The van der Waals surface area contributed by atoms with Crippen LogP contribution in [0, 0.1) is 16.0 Å². The van der Waals surface area contributed by atoms with E-state index in [0.29, 0.717) is 19.4 Å². The van der Waals surface area contributed by atoms with E-state index >= 15 is 0 Å². The molecule has 0 saturated carbocycles. The second-order valence-corrected chi connectivity index (χ2v) is 9.01. The first kappa shape index (κ1) is 21.6. The number of nitro groups is 1. The molecule has 150 valence electrons. The zero-order valence-corrected chi connectivity index (χ0v) is 16.9. The molecule has 0 aliphatic carbocycles. The summed E-state index contributed by atoms with van der Waals surface area (Å²) in [6.45, 7) is 4.31. The van der Waals surface area contributed by atoms with E-state index in [-0.39, 0.29) is 23.5 Å². The van der Waals surface area contributed by atoms with Crippen molar-refractivity contribution in [2.75, 3.05) is 13.1 Å². The maximum Gasteiger partial charge on any atom is 0.290 e. The molecule has 1 amide bonds. The van der Waals surface area contributed by atoms with Gasteiger partial charge in [-0.15, -0.1) is 0 Å². The van der Waals surface area contributed by atoms with Gasteiger partial charge < -0.3 is 5.32 Å². The van der Waals surface area contributed by atoms with Crippen LogP contribution in [0.1, 0.15) is 39.5 Å². The number of hydrogen-bond donors (Lipinski definition) is 1. The minimum Gasteiger partial charge on any atom is -0.356 e. The summed E-state index contributed by atoms with van der Waals surface area (Å²) in [6, 6.07) is 3.13. The minimum absolute atomic E-state index is 0.00123. The Kier molecular flexibility index (Phi) is 7.19. The van der Waals surface area contributed by atoms with Crippen LogP contribution in [0.2, 0.25) is 5.02 Å². The molecule has 0 spiro atoms. The summed E-state index contributed by atoms with van der Waals surface area (Å²) in [6.07, 6.45) is 2.89. The zero-order valence-electron chi connectivity index (χ0n) is 15.4. The number of carbonyl (C=O) groups is 1. The molecule has 1 saturated heterocycles. The molecule has 1 aromatic rings. The molecule has 27 heavy (non-hydrogen) atoms. The molecule has 1 heterocycles. The maximum absolute atomic E-state index is 13.1. The van der Waals surface area contributed by atoms with Gasteiger partial charge in [-0.25, -0.2) is 8.42 Å². The highest BCUT2D eigenvalue weighted by atomic mass is 35.5. The number of hydrogen-bond acceptors (Lipinski definition) is 5. The third-order valence-electron chi connectivity index (χ3n) is 4.73. The molecular weight excluding hydrogens is 394 g/mol. The Balaban J connectivity index is 2.29. The van der Waals surface area contributed by atoms with Crippen molar-refractivity contribution in [3.05, 3.63) is 33.3 Å². The van der Waals surface area contributed by atoms with Gasteiger partial charge in [-0.1, -0.05) is 24.9 Å². The van der Waals surface area contributed by atoms with Crippen LogP contribution in [-0.2, 0) is 14.8 Å². The first-order chi connectivity index (χ1) is 12.7. The monoisotopic (exact) mass is 417 g/mol. The van der Waals surface area contributed by atoms with Gasteiger partial charge in [0.05, 0.1) is 10.8 Å². The molecule has 0 radical (unpaired) electrons. The van der Waals surface area contributed by atoms with Gasteiger partial charge in [0.25, 0.3) is 5.69 Å². The fourth-order valence-electron chi connectivity index (χ4n) is 3.13. The van der Waals surface area contributed by atoms with Crippen LogP contribution in [0.4, 0.5) is 5.69 Å².